The number of hydrogen-bond acceptors (Lipinski definition) is 4. The van der Waals surface area contributed by atoms with Gasteiger partial charge in [-0.2, -0.15) is 0 Å². The minimum Gasteiger partial charge on any atom is -0.516 e. The fraction of sp³-hybridized carbons (Fsp3) is 0.167. The van der Waals surface area contributed by atoms with E-state index in [4.69, 9.17) is 5.11 Å². The van der Waals surface area contributed by atoms with Crippen LogP contribution in [0, 0.1) is 0 Å². The highest BCUT2D eigenvalue weighted by molar-refractivity contribution is 5.00. The summed E-state index contributed by atoms with van der Waals surface area (Å²) in [6.45, 7) is 0. The van der Waals surface area contributed by atoms with Gasteiger partial charge in [-0.1, -0.05) is 0 Å². The van der Waals surface area contributed by atoms with E-state index in [9.17, 15) is 0 Å². The number of rotatable bonds is 2. The van der Waals surface area contributed by atoms with Crippen LogP contribution in [-0.4, -0.2) is 20.5 Å². The van der Waals surface area contributed by atoms with E-state index < -0.39 is 0 Å². The summed E-state index contributed by atoms with van der Waals surface area (Å²) < 4.78 is 0. The minimum atomic E-state index is 0.589. The van der Waals surface area contributed by atoms with Gasteiger partial charge in [0.05, 0.1) is 18.2 Å². The van der Waals surface area contributed by atoms with Crippen molar-refractivity contribution in [1.82, 2.24) is 15.4 Å². The summed E-state index contributed by atoms with van der Waals surface area (Å²) in [7, 11) is 0. The van der Waals surface area contributed by atoms with E-state index in [2.05, 4.69) is 15.4 Å². The number of aromatic nitrogens is 3. The summed E-state index contributed by atoms with van der Waals surface area (Å²) >= 11 is 0. The maximum Gasteiger partial charge on any atom is 0.0755 e. The zero-order valence-corrected chi connectivity index (χ0v) is 5.31. The smallest absolute Gasteiger partial charge is 0.0755 e. The Bertz CT molecular complexity index is 209. The molecular formula is C6H7N3O. The molecule has 1 N–H and O–H groups in total. The van der Waals surface area contributed by atoms with Crippen molar-refractivity contribution in [2.24, 2.45) is 0 Å². The average molecular weight is 137 g/mol. The highest BCUT2D eigenvalue weighted by Gasteiger charge is 1.87. The van der Waals surface area contributed by atoms with Gasteiger partial charge in [0.15, 0.2) is 0 Å². The van der Waals surface area contributed by atoms with E-state index >= 15 is 0 Å². The molecule has 0 atom stereocenters. The first-order valence-corrected chi connectivity index (χ1v) is 2.86. The Morgan fingerprint density at radius 3 is 3.10 bits per heavy atom. The molecule has 0 radical (unpaired) electrons. The number of hydrogen-bond donors (Lipinski definition) is 1. The second-order valence-electron chi connectivity index (χ2n) is 1.70. The summed E-state index contributed by atoms with van der Waals surface area (Å²) in [5, 5.41) is 18.9. The lowest BCUT2D eigenvalue weighted by Gasteiger charge is -1.88. The zero-order chi connectivity index (χ0) is 7.23. The molecular weight excluding hydrogens is 130 g/mol. The second-order valence-corrected chi connectivity index (χ2v) is 1.70. The molecule has 0 fully saturated rings. The van der Waals surface area contributed by atoms with Gasteiger partial charge < -0.3 is 5.11 Å². The monoisotopic (exact) mass is 137 g/mol. The van der Waals surface area contributed by atoms with Gasteiger partial charge in [0.2, 0.25) is 0 Å². The third kappa shape index (κ3) is 1.81. The summed E-state index contributed by atoms with van der Waals surface area (Å²) in [4.78, 5) is 0. The highest BCUT2D eigenvalue weighted by atomic mass is 16.2. The van der Waals surface area contributed by atoms with E-state index in [0.717, 1.165) is 12.0 Å². The SMILES string of the molecule is OC=CCc1ccnnn1. The Morgan fingerprint density at radius 1 is 1.60 bits per heavy atom. The molecule has 1 aromatic heterocycles. The van der Waals surface area contributed by atoms with Crippen molar-refractivity contribution >= 4 is 0 Å². The Morgan fingerprint density at radius 2 is 2.50 bits per heavy atom. The first kappa shape index (κ1) is 6.67. The van der Waals surface area contributed by atoms with Crippen LogP contribution in [0.15, 0.2) is 24.6 Å². The standard InChI is InChI=1S/C6H7N3O/c10-5-1-2-6-3-4-7-9-8-6/h1,3-5,10H,2H2. The van der Waals surface area contributed by atoms with E-state index in [1.165, 1.54) is 0 Å². The molecule has 0 bridgehead atoms. The fourth-order valence-electron chi connectivity index (χ4n) is 0.548. The second kappa shape index (κ2) is 3.55. The van der Waals surface area contributed by atoms with Crippen LogP contribution in [-0.2, 0) is 6.42 Å². The molecule has 0 aliphatic carbocycles. The molecule has 52 valence electrons. The Kier molecular flexibility index (Phi) is 2.37. The predicted octanol–water partition coefficient (Wildman–Crippen LogP) is 0.486. The molecule has 0 aromatic carbocycles. The summed E-state index contributed by atoms with van der Waals surface area (Å²) in [5.74, 6) is 0. The molecule has 0 unspecified atom stereocenters. The number of aliphatic hydroxyl groups excluding tert-OH is 1. The molecule has 0 aliphatic heterocycles. The third-order valence-corrected chi connectivity index (χ3v) is 0.991. The average Bonchev–Trinajstić information content (AvgIpc) is 2.03. The quantitative estimate of drug-likeness (QED) is 0.602. The van der Waals surface area contributed by atoms with Gasteiger partial charge in [0.1, 0.15) is 0 Å². The van der Waals surface area contributed by atoms with Crippen molar-refractivity contribution in [2.45, 2.75) is 6.42 Å². The molecule has 1 aromatic rings. The number of aliphatic hydroxyl groups is 1. The topological polar surface area (TPSA) is 58.9 Å². The molecule has 1 rings (SSSR count). The molecule has 0 aliphatic rings. The first-order valence-electron chi connectivity index (χ1n) is 2.86. The first-order chi connectivity index (χ1) is 4.93. The normalized spacial score (nSPS) is 10.4. The van der Waals surface area contributed by atoms with Crippen molar-refractivity contribution in [3.05, 3.63) is 30.3 Å². The molecule has 10 heavy (non-hydrogen) atoms. The summed E-state index contributed by atoms with van der Waals surface area (Å²) in [6, 6.07) is 1.74. The molecule has 0 saturated heterocycles. The fourth-order valence-corrected chi connectivity index (χ4v) is 0.548. The van der Waals surface area contributed by atoms with Crippen LogP contribution in [0.25, 0.3) is 0 Å². The van der Waals surface area contributed by atoms with Crippen LogP contribution in [0.4, 0.5) is 0 Å². The van der Waals surface area contributed by atoms with Crippen LogP contribution in [0.5, 0.6) is 0 Å². The van der Waals surface area contributed by atoms with Gasteiger partial charge in [0, 0.05) is 6.42 Å². The van der Waals surface area contributed by atoms with Crippen LogP contribution in [0.1, 0.15) is 5.69 Å². The van der Waals surface area contributed by atoms with Crippen molar-refractivity contribution in [3.63, 3.8) is 0 Å². The van der Waals surface area contributed by atoms with Gasteiger partial charge in [-0.15, -0.1) is 10.2 Å². The van der Waals surface area contributed by atoms with Crippen molar-refractivity contribution in [2.75, 3.05) is 0 Å². The van der Waals surface area contributed by atoms with Gasteiger partial charge in [-0.3, -0.25) is 0 Å². The maximum absolute atomic E-state index is 8.28. The van der Waals surface area contributed by atoms with Crippen LogP contribution < -0.4 is 0 Å². The van der Waals surface area contributed by atoms with Gasteiger partial charge in [0.25, 0.3) is 0 Å². The van der Waals surface area contributed by atoms with Crippen molar-refractivity contribution in [3.8, 4) is 0 Å². The van der Waals surface area contributed by atoms with Gasteiger partial charge in [-0.25, -0.2) is 0 Å². The Balaban J connectivity index is 2.59. The van der Waals surface area contributed by atoms with E-state index in [1.807, 2.05) is 0 Å². The molecule has 0 saturated carbocycles. The molecule has 4 heteroatoms. The lowest BCUT2D eigenvalue weighted by atomic mass is 10.3. The van der Waals surface area contributed by atoms with Crippen molar-refractivity contribution < 1.29 is 5.11 Å². The maximum atomic E-state index is 8.28. The minimum absolute atomic E-state index is 0.589. The zero-order valence-electron chi connectivity index (χ0n) is 5.31. The van der Waals surface area contributed by atoms with E-state index in [0.29, 0.717) is 6.42 Å². The number of nitrogens with zero attached hydrogens (tertiary/aromatic N) is 3. The van der Waals surface area contributed by atoms with Crippen LogP contribution in [0.3, 0.4) is 0 Å². The predicted molar refractivity (Wildman–Crippen MR) is 35.3 cm³/mol. The van der Waals surface area contributed by atoms with Crippen LogP contribution in [0.2, 0.25) is 0 Å². The molecule has 0 amide bonds. The molecule has 4 nitrogen and oxygen atoms in total. The summed E-state index contributed by atoms with van der Waals surface area (Å²) in [6.07, 6.45) is 4.73. The van der Waals surface area contributed by atoms with Gasteiger partial charge in [-0.05, 0) is 17.4 Å². The van der Waals surface area contributed by atoms with Gasteiger partial charge >= 0.3 is 0 Å². The number of allylic oxidation sites excluding steroid dienone is 1. The largest absolute Gasteiger partial charge is 0.516 e. The van der Waals surface area contributed by atoms with Crippen LogP contribution >= 0.6 is 0 Å². The molecule has 0 spiro atoms. The Hall–Kier alpha value is -1.45. The highest BCUT2D eigenvalue weighted by Crippen LogP contribution is 1.90. The summed E-state index contributed by atoms with van der Waals surface area (Å²) in [5.41, 5.74) is 0.792. The third-order valence-electron chi connectivity index (χ3n) is 0.991. The lowest BCUT2D eigenvalue weighted by Crippen LogP contribution is -1.91. The molecule has 1 heterocycles. The van der Waals surface area contributed by atoms with E-state index in [1.54, 1.807) is 18.3 Å². The van der Waals surface area contributed by atoms with Crippen molar-refractivity contribution in [1.29, 1.82) is 0 Å². The lowest BCUT2D eigenvalue weighted by molar-refractivity contribution is 0.471. The Labute approximate surface area is 58.2 Å². The van der Waals surface area contributed by atoms with E-state index in [-0.39, 0.29) is 0 Å².